The van der Waals surface area contributed by atoms with E-state index >= 15 is 0 Å². The Morgan fingerprint density at radius 2 is 1.56 bits per heavy atom. The van der Waals surface area contributed by atoms with Gasteiger partial charge in [-0.05, 0) is 81.4 Å². The number of benzene rings is 1. The molecule has 1 aromatic rings. The minimum Gasteiger partial charge on any atom is -0.480 e. The summed E-state index contributed by atoms with van der Waals surface area (Å²) in [5.74, 6) is -4.85. The van der Waals surface area contributed by atoms with Gasteiger partial charge in [0.15, 0.2) is 0 Å². The Morgan fingerprint density at radius 1 is 0.891 bits per heavy atom. The molecule has 2 saturated heterocycles. The highest BCUT2D eigenvalue weighted by Crippen LogP contribution is 2.44. The third kappa shape index (κ3) is 18.3. The second-order valence-corrected chi connectivity index (χ2v) is 18.1. The van der Waals surface area contributed by atoms with E-state index in [1.807, 2.05) is 45.0 Å². The highest BCUT2D eigenvalue weighted by atomic mass is 16.7. The van der Waals surface area contributed by atoms with E-state index in [0.29, 0.717) is 18.5 Å². The number of nitrogens with zero attached hydrogens (tertiary/aromatic N) is 1. The molecule has 7 N–H and O–H groups in total. The van der Waals surface area contributed by atoms with Gasteiger partial charge in [0.1, 0.15) is 18.2 Å². The lowest BCUT2D eigenvalue weighted by atomic mass is 9.86. The van der Waals surface area contributed by atoms with E-state index < -0.39 is 64.9 Å². The van der Waals surface area contributed by atoms with Crippen LogP contribution in [-0.4, -0.2) is 101 Å². The maximum absolute atomic E-state index is 12.8. The standard InChI is InChI=1S/C45H65N7O12/c1-27(12-9-10-13-33(53)46-24-35(55)49-26-45(7,8)43(62)51-32(42(60)61)22-44(4,5)6)39-40(63-39)31-19-17-30(18-20-31)23-48-41(59)29(3)50-36(56)25-47-34(54)14-11-15-38(58)64-52-28(2)16-21-37(52)57/h10,13,17-20,27,29,32,39-40H,2,9,11-12,14-16,21-26H2,1,3-8H3,(H,46,53)(H,47,54)(H,48,59)(H,49,55)(H,50,56)(H,51,62)(H,60,61)/b13-10+/t27-,29?,32-,39?,40?/m0/s1. The zero-order valence-corrected chi connectivity index (χ0v) is 37.9. The molecule has 64 heavy (non-hydrogen) atoms. The monoisotopic (exact) mass is 895 g/mol. The predicted octanol–water partition coefficient (Wildman–Crippen LogP) is 2.36. The van der Waals surface area contributed by atoms with E-state index in [4.69, 9.17) is 9.57 Å². The molecular formula is C45H65N7O12. The van der Waals surface area contributed by atoms with Crippen LogP contribution in [0.25, 0.3) is 0 Å². The van der Waals surface area contributed by atoms with Gasteiger partial charge in [-0.25, -0.2) is 9.59 Å². The van der Waals surface area contributed by atoms with Crippen molar-refractivity contribution in [1.82, 2.24) is 37.0 Å². The molecule has 3 rings (SSSR count). The van der Waals surface area contributed by atoms with Gasteiger partial charge in [0, 0.05) is 32.4 Å². The van der Waals surface area contributed by atoms with Gasteiger partial charge in [0.2, 0.25) is 35.4 Å². The average Bonchev–Trinajstić information content (AvgIpc) is 3.97. The average molecular weight is 896 g/mol. The van der Waals surface area contributed by atoms with Gasteiger partial charge in [-0.1, -0.05) is 64.6 Å². The number of carboxylic acid groups (broad SMARTS) is 1. The Balaban J connectivity index is 1.26. The van der Waals surface area contributed by atoms with Crippen molar-refractivity contribution in [3.8, 4) is 0 Å². The zero-order valence-electron chi connectivity index (χ0n) is 37.9. The first kappa shape index (κ1) is 52.2. The van der Waals surface area contributed by atoms with Crippen LogP contribution in [0.1, 0.15) is 117 Å². The summed E-state index contributed by atoms with van der Waals surface area (Å²) in [7, 11) is 0. The number of carbonyl (C=O) groups excluding carboxylic acids is 8. The van der Waals surface area contributed by atoms with Gasteiger partial charge in [0.05, 0.1) is 30.3 Å². The van der Waals surface area contributed by atoms with Crippen molar-refractivity contribution < 1.29 is 57.8 Å². The number of amides is 7. The van der Waals surface area contributed by atoms with E-state index in [9.17, 15) is 48.3 Å². The van der Waals surface area contributed by atoms with Crippen LogP contribution in [0.3, 0.4) is 0 Å². The summed E-state index contributed by atoms with van der Waals surface area (Å²) < 4.78 is 5.95. The van der Waals surface area contributed by atoms with Crippen LogP contribution < -0.4 is 31.9 Å². The summed E-state index contributed by atoms with van der Waals surface area (Å²) in [6.45, 7) is 15.6. The summed E-state index contributed by atoms with van der Waals surface area (Å²) in [4.78, 5) is 115. The molecule has 2 fully saturated rings. The molecular weight excluding hydrogens is 831 g/mol. The molecule has 2 aliphatic heterocycles. The molecule has 0 radical (unpaired) electrons. The third-order valence-corrected chi connectivity index (χ3v) is 10.4. The van der Waals surface area contributed by atoms with Crippen LogP contribution >= 0.6 is 0 Å². The highest BCUT2D eigenvalue weighted by Gasteiger charge is 2.43. The number of rotatable bonds is 25. The van der Waals surface area contributed by atoms with Gasteiger partial charge < -0.3 is 46.6 Å². The molecule has 0 bridgehead atoms. The maximum Gasteiger partial charge on any atom is 0.333 e. The second-order valence-electron chi connectivity index (χ2n) is 18.1. The van der Waals surface area contributed by atoms with Crippen molar-refractivity contribution in [1.29, 1.82) is 0 Å². The topological polar surface area (TPSA) is 271 Å². The van der Waals surface area contributed by atoms with Crippen LogP contribution in [0, 0.1) is 16.7 Å². The molecule has 5 atom stereocenters. The summed E-state index contributed by atoms with van der Waals surface area (Å²) in [5.41, 5.74) is 0.811. The number of allylic oxidation sites excluding steroid dienone is 2. The lowest BCUT2D eigenvalue weighted by molar-refractivity contribution is -0.186. The largest absolute Gasteiger partial charge is 0.480 e. The fourth-order valence-corrected chi connectivity index (χ4v) is 6.47. The fraction of sp³-hybridized carbons (Fsp3) is 0.578. The molecule has 1 aromatic carbocycles. The molecule has 2 aliphatic rings. The van der Waals surface area contributed by atoms with E-state index in [1.54, 1.807) is 19.9 Å². The van der Waals surface area contributed by atoms with Gasteiger partial charge >= 0.3 is 11.9 Å². The number of ether oxygens (including phenoxy) is 1. The molecule has 3 unspecified atom stereocenters. The molecule has 0 aromatic heterocycles. The van der Waals surface area contributed by atoms with Crippen molar-refractivity contribution in [3.63, 3.8) is 0 Å². The highest BCUT2D eigenvalue weighted by molar-refractivity contribution is 5.92. The first-order valence-electron chi connectivity index (χ1n) is 21.5. The number of epoxide rings is 1. The molecule has 7 amide bonds. The summed E-state index contributed by atoms with van der Waals surface area (Å²) in [6.07, 6.45) is 5.26. The Bertz CT molecular complexity index is 1910. The van der Waals surface area contributed by atoms with Crippen molar-refractivity contribution >= 4 is 53.3 Å². The number of nitrogens with one attached hydrogen (secondary N) is 6. The zero-order chi connectivity index (χ0) is 47.8. The molecule has 19 heteroatoms. The SMILES string of the molecule is C=C1CCC(=O)N1OC(=O)CCCC(=O)NCC(=O)NC(C)C(=O)NCc1ccc(C2OC2[C@@H](C)CC/C=C/C(=O)NCC(=O)NCC(C)(C)C(=O)N[C@@H](CC(C)(C)C)C(=O)O)cc1. The first-order chi connectivity index (χ1) is 29.9. The molecule has 19 nitrogen and oxygen atoms in total. The number of carboxylic acids is 1. The van der Waals surface area contributed by atoms with Gasteiger partial charge in [-0.2, -0.15) is 0 Å². The first-order valence-corrected chi connectivity index (χ1v) is 21.5. The van der Waals surface area contributed by atoms with Crippen molar-refractivity contribution in [2.75, 3.05) is 19.6 Å². The van der Waals surface area contributed by atoms with Gasteiger partial charge in [-0.15, -0.1) is 5.06 Å². The number of carbonyl (C=O) groups is 9. The number of aliphatic carboxylic acids is 1. The van der Waals surface area contributed by atoms with Gasteiger partial charge in [-0.3, -0.25) is 33.6 Å². The van der Waals surface area contributed by atoms with Gasteiger partial charge in [0.25, 0.3) is 5.91 Å². The van der Waals surface area contributed by atoms with E-state index in [1.165, 1.54) is 13.0 Å². The molecule has 352 valence electrons. The smallest absolute Gasteiger partial charge is 0.333 e. The third-order valence-electron chi connectivity index (χ3n) is 10.4. The predicted molar refractivity (Wildman–Crippen MR) is 233 cm³/mol. The van der Waals surface area contributed by atoms with E-state index in [-0.39, 0.29) is 87.7 Å². The Morgan fingerprint density at radius 3 is 2.19 bits per heavy atom. The van der Waals surface area contributed by atoms with E-state index in [2.05, 4.69) is 45.4 Å². The lowest BCUT2D eigenvalue weighted by Crippen LogP contribution is -2.51. The minimum absolute atomic E-state index is 0.00303. The molecule has 0 aliphatic carbocycles. The number of hydrogen-bond donors (Lipinski definition) is 7. The summed E-state index contributed by atoms with van der Waals surface area (Å²) in [6, 6.07) is 5.69. The van der Waals surface area contributed by atoms with Crippen LogP contribution in [0.4, 0.5) is 0 Å². The minimum atomic E-state index is -1.13. The van der Waals surface area contributed by atoms with Crippen LogP contribution in [0.5, 0.6) is 0 Å². The Kier molecular flexibility index (Phi) is 19.7. The number of hydroxylamine groups is 2. The normalized spacial score (nSPS) is 17.5. The van der Waals surface area contributed by atoms with Crippen LogP contribution in [0.2, 0.25) is 0 Å². The summed E-state index contributed by atoms with van der Waals surface area (Å²) >= 11 is 0. The van der Waals surface area contributed by atoms with Crippen molar-refractivity contribution in [2.24, 2.45) is 16.7 Å². The second kappa shape index (κ2) is 24.1. The van der Waals surface area contributed by atoms with Crippen molar-refractivity contribution in [2.45, 2.75) is 131 Å². The fourth-order valence-electron chi connectivity index (χ4n) is 6.47. The molecule has 0 saturated carbocycles. The molecule has 0 spiro atoms. The maximum atomic E-state index is 12.8. The Hall–Kier alpha value is -6.11. The quantitative estimate of drug-likeness (QED) is 0.0551. The van der Waals surface area contributed by atoms with Crippen LogP contribution in [0.15, 0.2) is 48.7 Å². The Labute approximate surface area is 374 Å². The van der Waals surface area contributed by atoms with E-state index in [0.717, 1.165) is 22.6 Å². The van der Waals surface area contributed by atoms with Crippen LogP contribution in [-0.2, 0) is 59.3 Å². The number of hydrogen-bond acceptors (Lipinski definition) is 11. The molecule has 2 heterocycles. The summed E-state index contributed by atoms with van der Waals surface area (Å²) in [5, 5.41) is 25.9. The van der Waals surface area contributed by atoms with Crippen molar-refractivity contribution in [3.05, 3.63) is 59.8 Å². The lowest BCUT2D eigenvalue weighted by Gasteiger charge is -2.29.